The molecule has 362 valence electrons. The fourth-order valence-corrected chi connectivity index (χ4v) is 7.95. The van der Waals surface area contributed by atoms with E-state index >= 15 is 0 Å². The lowest BCUT2D eigenvalue weighted by molar-refractivity contribution is 0.0291. The van der Waals surface area contributed by atoms with E-state index in [0.29, 0.717) is 83.2 Å². The van der Waals surface area contributed by atoms with Crippen molar-refractivity contribution < 1.29 is 42.9 Å². The molecule has 4 N–H and O–H groups in total. The summed E-state index contributed by atoms with van der Waals surface area (Å²) in [4.78, 5) is 76.7. The maximum atomic E-state index is 13.9. The Morgan fingerprint density at radius 2 is 1.33 bits per heavy atom. The van der Waals surface area contributed by atoms with Crippen molar-refractivity contribution in [1.82, 2.24) is 43.6 Å². The van der Waals surface area contributed by atoms with Gasteiger partial charge in [0.25, 0.3) is 11.8 Å². The molecule has 1 aliphatic rings. The quantitative estimate of drug-likeness (QED) is 0.0633. The molecule has 7 rings (SSSR count). The fourth-order valence-electron chi connectivity index (χ4n) is 7.95. The number of esters is 1. The largest absolute Gasteiger partial charge is 0.494 e. The predicted molar refractivity (Wildman–Crippen MR) is 255 cm³/mol. The number of amides is 4. The van der Waals surface area contributed by atoms with Gasteiger partial charge < -0.3 is 38.7 Å². The maximum absolute atomic E-state index is 13.9. The number of carbonyl (C=O) groups excluding carboxylic acids is 5. The Morgan fingerprint density at radius 3 is 1.84 bits per heavy atom. The summed E-state index contributed by atoms with van der Waals surface area (Å²) in [5.74, 6) is 4.75. The van der Waals surface area contributed by atoms with E-state index in [1.54, 1.807) is 55.4 Å². The Bertz CT molecular complexity index is 3070. The third-order valence-electron chi connectivity index (χ3n) is 11.0. The van der Waals surface area contributed by atoms with E-state index in [2.05, 4.69) is 32.7 Å². The van der Waals surface area contributed by atoms with E-state index in [1.165, 1.54) is 32.4 Å². The van der Waals surface area contributed by atoms with Gasteiger partial charge in [0.15, 0.2) is 0 Å². The predicted octanol–water partition coefficient (Wildman–Crippen LogP) is 5.73. The van der Waals surface area contributed by atoms with Gasteiger partial charge in [-0.25, -0.2) is 19.6 Å². The molecule has 0 spiro atoms. The summed E-state index contributed by atoms with van der Waals surface area (Å²) >= 11 is 0. The van der Waals surface area contributed by atoms with Crippen LogP contribution in [0.5, 0.6) is 11.5 Å². The Labute approximate surface area is 397 Å². The normalized spacial score (nSPS) is 13.7. The van der Waals surface area contributed by atoms with Crippen molar-refractivity contribution in [3.05, 3.63) is 82.5 Å². The lowest BCUT2D eigenvalue weighted by Crippen LogP contribution is -2.35. The molecule has 1 aliphatic heterocycles. The zero-order valence-electron chi connectivity index (χ0n) is 40.1. The van der Waals surface area contributed by atoms with Gasteiger partial charge in [-0.05, 0) is 91.3 Å². The van der Waals surface area contributed by atoms with Crippen LogP contribution in [0.2, 0.25) is 0 Å². The number of hydrogen-bond acceptors (Lipinski definition) is 13. The zero-order valence-corrected chi connectivity index (χ0v) is 40.1. The molecular formula is C48H56N12O9. The number of nitrogens with zero attached hydrogens (tertiary/aromatic N) is 9. The summed E-state index contributed by atoms with van der Waals surface area (Å²) in [7, 11) is 2.73. The number of methoxy groups -OCH3 is 2. The molecule has 1 atom stereocenters. The molecule has 1 saturated heterocycles. The second-order valence-corrected chi connectivity index (χ2v) is 17.2. The van der Waals surface area contributed by atoms with Crippen molar-refractivity contribution in [2.24, 2.45) is 11.7 Å². The number of aryl methyl sites for hydroxylation is 4. The van der Waals surface area contributed by atoms with E-state index in [9.17, 15) is 24.0 Å². The molecule has 1 fully saturated rings. The van der Waals surface area contributed by atoms with Crippen LogP contribution < -0.4 is 25.8 Å². The Kier molecular flexibility index (Phi) is 14.4. The molecule has 4 amide bonds. The number of carbonyl (C=O) groups is 5. The van der Waals surface area contributed by atoms with Crippen molar-refractivity contribution >= 4 is 63.7 Å². The number of primary amides is 1. The van der Waals surface area contributed by atoms with Crippen LogP contribution in [0.25, 0.3) is 22.1 Å². The van der Waals surface area contributed by atoms with Crippen molar-refractivity contribution in [3.8, 4) is 23.3 Å². The standard InChI is InChI=1S/C48H56N12O9/c1-10-59-35(21-28(3)54-59)42(62)52-45-51-34-24-32(44(64)67-9)26-37(66-8)39(34)57(45)17-12-13-18-58-40-33(50-46(58)53-43(63)36-22-29(4)55-60(36)11-2)23-31(41(49)61)25-38(40)68-20-14-15-30-16-19-56(27-30)47(65)69-48(5,6)7/h12-13,21-26,30H,10-11,16-20,27H2,1-9H3,(H2,49,61)(H,50,53,63)(H,51,52,62)/b13-12+. The minimum Gasteiger partial charge on any atom is -0.494 e. The van der Waals surface area contributed by atoms with Gasteiger partial charge in [0.2, 0.25) is 17.8 Å². The first-order chi connectivity index (χ1) is 32.9. The summed E-state index contributed by atoms with van der Waals surface area (Å²) in [6.07, 6.45) is 3.92. The highest BCUT2D eigenvalue weighted by Crippen LogP contribution is 2.33. The van der Waals surface area contributed by atoms with Crippen LogP contribution in [0.4, 0.5) is 16.7 Å². The smallest absolute Gasteiger partial charge is 0.410 e. The Morgan fingerprint density at radius 1 is 0.797 bits per heavy atom. The SMILES string of the molecule is CCn1nc(C)cc1C(=O)Nc1nc2cc(C(=O)OC)cc(OC)c2n1C/C=C/Cn1c(NC(=O)c2cc(C)nn2CC)nc2cc(C(N)=O)cc(OCC#CC3CCN(C(=O)OC(C)(C)C)C3)c21. The average Bonchev–Trinajstić information content (AvgIpc) is 4.15. The number of aromatic nitrogens is 8. The molecule has 2 aromatic carbocycles. The topological polar surface area (TPSA) is 247 Å². The fraction of sp³-hybridized carbons (Fsp3) is 0.396. The third kappa shape index (κ3) is 10.9. The Balaban J connectivity index is 1.24. The van der Waals surface area contributed by atoms with E-state index in [-0.39, 0.29) is 60.5 Å². The van der Waals surface area contributed by atoms with Crippen LogP contribution in [-0.4, -0.2) is 113 Å². The number of nitrogens with two attached hydrogens (primary N) is 1. The number of allylic oxidation sites excluding steroid dienone is 2. The number of benzene rings is 2. The van der Waals surface area contributed by atoms with Crippen molar-refractivity contribution in [2.45, 2.75) is 86.7 Å². The monoisotopic (exact) mass is 944 g/mol. The van der Waals surface area contributed by atoms with Crippen molar-refractivity contribution in [3.63, 3.8) is 0 Å². The second kappa shape index (κ2) is 20.4. The van der Waals surface area contributed by atoms with E-state index in [4.69, 9.17) is 34.6 Å². The molecule has 4 aromatic heterocycles. The third-order valence-corrected chi connectivity index (χ3v) is 11.0. The molecular weight excluding hydrogens is 889 g/mol. The van der Waals surface area contributed by atoms with Crippen molar-refractivity contribution in [1.29, 1.82) is 0 Å². The molecule has 0 aliphatic carbocycles. The van der Waals surface area contributed by atoms with Gasteiger partial charge in [0, 0.05) is 50.7 Å². The van der Waals surface area contributed by atoms with Gasteiger partial charge in [-0.3, -0.25) is 34.4 Å². The van der Waals surface area contributed by atoms with Crippen LogP contribution in [0.3, 0.4) is 0 Å². The van der Waals surface area contributed by atoms with Crippen LogP contribution in [-0.2, 0) is 35.7 Å². The first-order valence-corrected chi connectivity index (χ1v) is 22.4. The number of likely N-dealkylation sites (tertiary alicyclic amines) is 1. The van der Waals surface area contributed by atoms with Crippen LogP contribution >= 0.6 is 0 Å². The summed E-state index contributed by atoms with van der Waals surface area (Å²) in [6.45, 7) is 14.8. The highest BCUT2D eigenvalue weighted by Gasteiger charge is 2.29. The number of imidazole rings is 2. The lowest BCUT2D eigenvalue weighted by Gasteiger charge is -2.24. The molecule has 0 saturated carbocycles. The van der Waals surface area contributed by atoms with E-state index < -0.39 is 29.3 Å². The number of rotatable bonds is 15. The minimum absolute atomic E-state index is 0.0851. The van der Waals surface area contributed by atoms with E-state index in [0.717, 1.165) is 0 Å². The van der Waals surface area contributed by atoms with Crippen LogP contribution in [0, 0.1) is 31.6 Å². The van der Waals surface area contributed by atoms with Crippen LogP contribution in [0.1, 0.15) is 94.1 Å². The number of ether oxygens (including phenoxy) is 4. The highest BCUT2D eigenvalue weighted by atomic mass is 16.6. The summed E-state index contributed by atoms with van der Waals surface area (Å²) < 4.78 is 29.1. The molecule has 21 heteroatoms. The van der Waals surface area contributed by atoms with Gasteiger partial charge in [-0.1, -0.05) is 24.0 Å². The number of hydrogen-bond donors (Lipinski definition) is 3. The second-order valence-electron chi connectivity index (χ2n) is 17.2. The molecule has 21 nitrogen and oxygen atoms in total. The van der Waals surface area contributed by atoms with Gasteiger partial charge >= 0.3 is 12.1 Å². The number of anilines is 2. The lowest BCUT2D eigenvalue weighted by atomic mass is 10.1. The highest BCUT2D eigenvalue weighted by molar-refractivity contribution is 6.05. The molecule has 5 heterocycles. The minimum atomic E-state index is -0.720. The molecule has 0 radical (unpaired) electrons. The van der Waals surface area contributed by atoms with Gasteiger partial charge in [0.1, 0.15) is 46.1 Å². The maximum Gasteiger partial charge on any atom is 0.410 e. The van der Waals surface area contributed by atoms with Crippen LogP contribution in [0.15, 0.2) is 48.6 Å². The first kappa shape index (κ1) is 48.8. The summed E-state index contributed by atoms with van der Waals surface area (Å²) in [5.41, 5.74) is 9.03. The van der Waals surface area contributed by atoms with Gasteiger partial charge in [0.05, 0.1) is 42.2 Å². The molecule has 69 heavy (non-hydrogen) atoms. The number of fused-ring (bicyclic) bond motifs is 2. The van der Waals surface area contributed by atoms with E-state index in [1.807, 2.05) is 46.8 Å². The molecule has 0 bridgehead atoms. The Hall–Kier alpha value is -8.15. The summed E-state index contributed by atoms with van der Waals surface area (Å²) in [6, 6.07) is 9.46. The molecule has 1 unspecified atom stereocenters. The van der Waals surface area contributed by atoms with Gasteiger partial charge in [-0.15, -0.1) is 0 Å². The molecule has 6 aromatic rings. The average molecular weight is 945 g/mol. The zero-order chi connectivity index (χ0) is 49.7. The van der Waals surface area contributed by atoms with Crippen molar-refractivity contribution in [2.75, 3.05) is 44.5 Å². The number of nitrogens with one attached hydrogen (secondary N) is 2. The first-order valence-electron chi connectivity index (χ1n) is 22.4. The van der Waals surface area contributed by atoms with Gasteiger partial charge in [-0.2, -0.15) is 10.2 Å². The summed E-state index contributed by atoms with van der Waals surface area (Å²) in [5, 5.41) is 14.7.